The third-order valence-electron chi connectivity index (χ3n) is 4.99. The van der Waals surface area contributed by atoms with E-state index in [9.17, 15) is 4.39 Å². The van der Waals surface area contributed by atoms with Gasteiger partial charge in [-0.3, -0.25) is 0 Å². The van der Waals surface area contributed by atoms with Crippen molar-refractivity contribution in [3.05, 3.63) is 71.7 Å². The molecule has 0 bridgehead atoms. The molecule has 31 heavy (non-hydrogen) atoms. The third kappa shape index (κ3) is 5.35. The van der Waals surface area contributed by atoms with Gasteiger partial charge in [0, 0.05) is 24.5 Å². The second-order valence-corrected chi connectivity index (χ2v) is 7.09. The first-order valence-corrected chi connectivity index (χ1v) is 10.3. The van der Waals surface area contributed by atoms with Crippen LogP contribution < -0.4 is 15.6 Å². The lowest BCUT2D eigenvalue weighted by Crippen LogP contribution is -2.37. The van der Waals surface area contributed by atoms with Gasteiger partial charge in [0.15, 0.2) is 11.6 Å². The van der Waals surface area contributed by atoms with E-state index in [0.29, 0.717) is 26.3 Å². The highest BCUT2D eigenvalue weighted by Crippen LogP contribution is 2.21. The van der Waals surface area contributed by atoms with E-state index in [0.717, 1.165) is 35.1 Å². The Hall–Kier alpha value is -3.52. The first kappa shape index (κ1) is 20.7. The molecule has 3 aromatic rings. The highest BCUT2D eigenvalue weighted by molar-refractivity contribution is 5.83. The average molecular weight is 420 g/mol. The lowest BCUT2D eigenvalue weighted by Gasteiger charge is -2.27. The SMILES string of the molecule is CCc1cc(Nc2ccccc2)ccc1/C=N/Nc1ncc(F)c(N2CCOCC2)n1. The van der Waals surface area contributed by atoms with Gasteiger partial charge in [0.05, 0.1) is 25.6 Å². The normalized spacial score (nSPS) is 14.1. The summed E-state index contributed by atoms with van der Waals surface area (Å²) in [6.07, 6.45) is 3.75. The van der Waals surface area contributed by atoms with E-state index in [-0.39, 0.29) is 11.8 Å². The quantitative estimate of drug-likeness (QED) is 0.441. The van der Waals surface area contributed by atoms with E-state index in [4.69, 9.17) is 4.74 Å². The number of halogens is 1. The fourth-order valence-corrected chi connectivity index (χ4v) is 3.37. The Morgan fingerprint density at radius 1 is 1.13 bits per heavy atom. The molecule has 1 aromatic heterocycles. The Bertz CT molecular complexity index is 1040. The summed E-state index contributed by atoms with van der Waals surface area (Å²) in [5, 5.41) is 7.67. The minimum Gasteiger partial charge on any atom is -0.378 e. The highest BCUT2D eigenvalue weighted by Gasteiger charge is 2.17. The largest absolute Gasteiger partial charge is 0.378 e. The number of aryl methyl sites for hydroxylation is 1. The van der Waals surface area contributed by atoms with Crippen LogP contribution in [0.25, 0.3) is 0 Å². The van der Waals surface area contributed by atoms with Crippen molar-refractivity contribution < 1.29 is 9.13 Å². The van der Waals surface area contributed by atoms with Gasteiger partial charge in [-0.2, -0.15) is 10.1 Å². The zero-order chi connectivity index (χ0) is 21.5. The van der Waals surface area contributed by atoms with Crippen LogP contribution in [0.3, 0.4) is 0 Å². The standard InChI is InChI=1S/C23H25FN6O/c1-2-17-14-20(27-19-6-4-3-5-7-19)9-8-18(17)15-26-29-23-25-16-21(24)22(28-23)30-10-12-31-13-11-30/h3-9,14-16,27H,2,10-13H2,1H3,(H,25,28,29)/b26-15+. The van der Waals surface area contributed by atoms with Crippen molar-refractivity contribution in [3.8, 4) is 0 Å². The number of hydrazone groups is 1. The van der Waals surface area contributed by atoms with Crippen LogP contribution in [-0.2, 0) is 11.2 Å². The fraction of sp³-hybridized carbons (Fsp3) is 0.261. The fourth-order valence-electron chi connectivity index (χ4n) is 3.37. The zero-order valence-corrected chi connectivity index (χ0v) is 17.4. The van der Waals surface area contributed by atoms with E-state index in [1.807, 2.05) is 47.4 Å². The van der Waals surface area contributed by atoms with Crippen LogP contribution in [-0.4, -0.2) is 42.5 Å². The van der Waals surface area contributed by atoms with Gasteiger partial charge >= 0.3 is 0 Å². The number of ether oxygens (including phenoxy) is 1. The molecule has 1 fully saturated rings. The Balaban J connectivity index is 1.45. The summed E-state index contributed by atoms with van der Waals surface area (Å²) >= 11 is 0. The van der Waals surface area contributed by atoms with Crippen molar-refractivity contribution >= 4 is 29.4 Å². The van der Waals surface area contributed by atoms with Crippen LogP contribution in [0.4, 0.5) is 27.5 Å². The van der Waals surface area contributed by atoms with E-state index in [2.05, 4.69) is 38.8 Å². The molecule has 0 spiro atoms. The van der Waals surface area contributed by atoms with E-state index >= 15 is 0 Å². The summed E-state index contributed by atoms with van der Waals surface area (Å²) in [5.74, 6) is 0.0624. The Morgan fingerprint density at radius 3 is 2.71 bits per heavy atom. The summed E-state index contributed by atoms with van der Waals surface area (Å²) in [5.41, 5.74) is 7.01. The molecule has 0 atom stereocenters. The van der Waals surface area contributed by atoms with Gasteiger partial charge < -0.3 is 15.0 Å². The topological polar surface area (TPSA) is 74.7 Å². The molecule has 0 radical (unpaired) electrons. The number of aromatic nitrogens is 2. The molecule has 0 saturated carbocycles. The molecule has 1 saturated heterocycles. The Kier molecular flexibility index (Phi) is 6.68. The molecular formula is C23H25FN6O. The maximum absolute atomic E-state index is 14.2. The molecule has 7 nitrogen and oxygen atoms in total. The van der Waals surface area contributed by atoms with Gasteiger partial charge in [0.2, 0.25) is 5.95 Å². The van der Waals surface area contributed by atoms with E-state index in [1.54, 1.807) is 6.21 Å². The van der Waals surface area contributed by atoms with Crippen LogP contribution >= 0.6 is 0 Å². The molecule has 2 aromatic carbocycles. The number of morpholine rings is 1. The number of nitrogens with zero attached hydrogens (tertiary/aromatic N) is 4. The van der Waals surface area contributed by atoms with Crippen LogP contribution in [0.2, 0.25) is 0 Å². The van der Waals surface area contributed by atoms with Crippen LogP contribution in [0, 0.1) is 5.82 Å². The van der Waals surface area contributed by atoms with Crippen molar-refractivity contribution in [3.63, 3.8) is 0 Å². The van der Waals surface area contributed by atoms with Gasteiger partial charge in [-0.05, 0) is 41.8 Å². The van der Waals surface area contributed by atoms with Crippen molar-refractivity contribution in [2.45, 2.75) is 13.3 Å². The van der Waals surface area contributed by atoms with Crippen LogP contribution in [0.5, 0.6) is 0 Å². The van der Waals surface area contributed by atoms with Gasteiger partial charge in [-0.1, -0.05) is 31.2 Å². The number of benzene rings is 2. The summed E-state index contributed by atoms with van der Waals surface area (Å²) in [7, 11) is 0. The van der Waals surface area contributed by atoms with Crippen LogP contribution in [0.1, 0.15) is 18.1 Å². The van der Waals surface area contributed by atoms with E-state index in [1.165, 1.54) is 0 Å². The molecule has 0 aliphatic carbocycles. The Labute approximate surface area is 181 Å². The predicted octanol–water partition coefficient (Wildman–Crippen LogP) is 4.20. The number of hydrogen-bond acceptors (Lipinski definition) is 7. The molecule has 1 aliphatic rings. The lowest BCUT2D eigenvalue weighted by molar-refractivity contribution is 0.122. The molecule has 4 rings (SSSR count). The number of hydrogen-bond donors (Lipinski definition) is 2. The second kappa shape index (κ2) is 9.99. The second-order valence-electron chi connectivity index (χ2n) is 7.09. The zero-order valence-electron chi connectivity index (χ0n) is 17.4. The van der Waals surface area contributed by atoms with Gasteiger partial charge in [0.1, 0.15) is 0 Å². The van der Waals surface area contributed by atoms with Crippen molar-refractivity contribution in [1.29, 1.82) is 0 Å². The van der Waals surface area contributed by atoms with Crippen molar-refractivity contribution in [1.82, 2.24) is 9.97 Å². The molecule has 2 N–H and O–H groups in total. The van der Waals surface area contributed by atoms with Crippen molar-refractivity contribution in [2.75, 3.05) is 41.9 Å². The highest BCUT2D eigenvalue weighted by atomic mass is 19.1. The van der Waals surface area contributed by atoms with E-state index < -0.39 is 5.82 Å². The molecular weight excluding hydrogens is 395 g/mol. The maximum atomic E-state index is 14.2. The van der Waals surface area contributed by atoms with Crippen LogP contribution in [0.15, 0.2) is 59.8 Å². The van der Waals surface area contributed by atoms with Gasteiger partial charge in [-0.25, -0.2) is 14.8 Å². The molecule has 1 aliphatic heterocycles. The molecule has 0 amide bonds. The first-order valence-electron chi connectivity index (χ1n) is 10.3. The summed E-state index contributed by atoms with van der Waals surface area (Å²) in [6, 6.07) is 16.2. The smallest absolute Gasteiger partial charge is 0.245 e. The number of para-hydroxylation sites is 1. The number of anilines is 4. The molecule has 2 heterocycles. The van der Waals surface area contributed by atoms with Gasteiger partial charge in [0.25, 0.3) is 0 Å². The summed E-state index contributed by atoms with van der Waals surface area (Å²) in [6.45, 7) is 4.41. The molecule has 160 valence electrons. The minimum absolute atomic E-state index is 0.250. The lowest BCUT2D eigenvalue weighted by atomic mass is 10.0. The average Bonchev–Trinajstić information content (AvgIpc) is 2.82. The van der Waals surface area contributed by atoms with Crippen molar-refractivity contribution in [2.24, 2.45) is 5.10 Å². The number of nitrogens with one attached hydrogen (secondary N) is 2. The Morgan fingerprint density at radius 2 is 1.94 bits per heavy atom. The maximum Gasteiger partial charge on any atom is 0.245 e. The predicted molar refractivity (Wildman–Crippen MR) is 122 cm³/mol. The third-order valence-corrected chi connectivity index (χ3v) is 4.99. The minimum atomic E-state index is -0.453. The molecule has 0 unspecified atom stereocenters. The summed E-state index contributed by atoms with van der Waals surface area (Å²) < 4.78 is 19.5. The number of rotatable bonds is 7. The summed E-state index contributed by atoms with van der Waals surface area (Å²) in [4.78, 5) is 10.1. The monoisotopic (exact) mass is 420 g/mol. The van der Waals surface area contributed by atoms with Gasteiger partial charge in [-0.15, -0.1) is 0 Å². The first-order chi connectivity index (χ1) is 15.2. The molecule has 8 heteroatoms.